The average Bonchev–Trinajstić information content (AvgIpc) is 2.98. The summed E-state index contributed by atoms with van der Waals surface area (Å²) in [6, 6.07) is 14.6. The number of aliphatic carboxylic acids is 1. The summed E-state index contributed by atoms with van der Waals surface area (Å²) < 4.78 is 5.16. The predicted octanol–water partition coefficient (Wildman–Crippen LogP) is 2.98. The van der Waals surface area contributed by atoms with Crippen molar-refractivity contribution in [3.8, 4) is 5.75 Å². The van der Waals surface area contributed by atoms with E-state index in [4.69, 9.17) is 9.84 Å². The molecule has 0 aromatic heterocycles. The van der Waals surface area contributed by atoms with E-state index < -0.39 is 23.7 Å². The van der Waals surface area contributed by atoms with Gasteiger partial charge in [0, 0.05) is 18.5 Å². The van der Waals surface area contributed by atoms with Gasteiger partial charge < -0.3 is 19.8 Å². The van der Waals surface area contributed by atoms with Crippen molar-refractivity contribution in [3.63, 3.8) is 0 Å². The number of likely N-dealkylation sites (tertiary alicyclic amines) is 1. The molecule has 0 saturated carbocycles. The van der Waals surface area contributed by atoms with E-state index in [0.717, 1.165) is 0 Å². The van der Waals surface area contributed by atoms with Crippen LogP contribution in [-0.2, 0) is 14.4 Å². The van der Waals surface area contributed by atoms with Crippen LogP contribution in [0.4, 0.5) is 0 Å². The summed E-state index contributed by atoms with van der Waals surface area (Å²) in [4.78, 5) is 37.7. The highest BCUT2D eigenvalue weighted by Crippen LogP contribution is 2.39. The van der Waals surface area contributed by atoms with Gasteiger partial charge >= 0.3 is 5.97 Å². The second-order valence-electron chi connectivity index (χ2n) is 6.63. The van der Waals surface area contributed by atoms with Gasteiger partial charge in [0.05, 0.1) is 18.7 Å². The predicted molar refractivity (Wildman–Crippen MR) is 105 cm³/mol. The number of carboxylic acid groups (broad SMARTS) is 1. The highest BCUT2D eigenvalue weighted by molar-refractivity contribution is 6.46. The Bertz CT molecular complexity index is 949. The van der Waals surface area contributed by atoms with Gasteiger partial charge in [0.1, 0.15) is 11.5 Å². The first-order valence-electron chi connectivity index (χ1n) is 9.13. The summed E-state index contributed by atoms with van der Waals surface area (Å²) in [6.07, 6.45) is 0.0669. The molecule has 7 heteroatoms. The molecule has 2 N–H and O–H groups in total. The van der Waals surface area contributed by atoms with Gasteiger partial charge in [-0.3, -0.25) is 14.4 Å². The number of carbonyl (C=O) groups excluding carboxylic acids is 2. The molecule has 1 atom stereocenters. The Balaban J connectivity index is 2.07. The number of ether oxygens (including phenoxy) is 1. The largest absolute Gasteiger partial charge is 0.507 e. The number of aliphatic hydroxyl groups excluding tert-OH is 1. The van der Waals surface area contributed by atoms with Gasteiger partial charge in [-0.15, -0.1) is 0 Å². The number of benzene rings is 2. The minimum atomic E-state index is -0.980. The van der Waals surface area contributed by atoms with E-state index in [9.17, 15) is 19.5 Å². The average molecular weight is 395 g/mol. The smallest absolute Gasteiger partial charge is 0.303 e. The molecule has 1 heterocycles. The monoisotopic (exact) mass is 395 g/mol. The molecular formula is C22H21NO6. The molecule has 2 aromatic carbocycles. The Hall–Kier alpha value is -3.61. The number of ketones is 1. The Morgan fingerprint density at radius 1 is 1.03 bits per heavy atom. The van der Waals surface area contributed by atoms with Crippen LogP contribution in [0, 0.1) is 0 Å². The van der Waals surface area contributed by atoms with Crippen molar-refractivity contribution in [2.24, 2.45) is 0 Å². The second kappa shape index (κ2) is 8.60. The van der Waals surface area contributed by atoms with Crippen molar-refractivity contribution in [2.45, 2.75) is 18.9 Å². The minimum Gasteiger partial charge on any atom is -0.507 e. The molecule has 0 radical (unpaired) electrons. The number of hydrogen-bond donors (Lipinski definition) is 2. The first kappa shape index (κ1) is 20.1. The van der Waals surface area contributed by atoms with Crippen LogP contribution in [0.3, 0.4) is 0 Å². The highest BCUT2D eigenvalue weighted by atomic mass is 16.5. The van der Waals surface area contributed by atoms with Gasteiger partial charge in [-0.25, -0.2) is 0 Å². The number of nitrogens with zero attached hydrogens (tertiary/aromatic N) is 1. The third kappa shape index (κ3) is 4.13. The summed E-state index contributed by atoms with van der Waals surface area (Å²) in [5.74, 6) is -2.17. The van der Waals surface area contributed by atoms with Crippen molar-refractivity contribution in [2.75, 3.05) is 13.7 Å². The van der Waals surface area contributed by atoms with Crippen LogP contribution in [0.25, 0.3) is 5.76 Å². The number of methoxy groups -OCH3 is 1. The van der Waals surface area contributed by atoms with Crippen LogP contribution in [0.2, 0.25) is 0 Å². The van der Waals surface area contributed by atoms with Gasteiger partial charge in [0.15, 0.2) is 0 Å². The third-order valence-electron chi connectivity index (χ3n) is 4.81. The van der Waals surface area contributed by atoms with E-state index in [2.05, 4.69) is 0 Å². The van der Waals surface area contributed by atoms with Crippen LogP contribution in [0.1, 0.15) is 30.0 Å². The number of amides is 1. The first-order valence-corrected chi connectivity index (χ1v) is 9.13. The zero-order chi connectivity index (χ0) is 21.0. The molecular weight excluding hydrogens is 374 g/mol. The van der Waals surface area contributed by atoms with Crippen LogP contribution in [0.15, 0.2) is 60.2 Å². The molecule has 0 spiro atoms. The maximum absolute atomic E-state index is 12.8. The molecule has 1 saturated heterocycles. The molecule has 1 amide bonds. The van der Waals surface area contributed by atoms with E-state index in [-0.39, 0.29) is 30.7 Å². The van der Waals surface area contributed by atoms with Crippen molar-refractivity contribution in [1.29, 1.82) is 0 Å². The molecule has 150 valence electrons. The van der Waals surface area contributed by atoms with Gasteiger partial charge in [-0.1, -0.05) is 42.5 Å². The number of carbonyl (C=O) groups is 3. The zero-order valence-electron chi connectivity index (χ0n) is 15.9. The van der Waals surface area contributed by atoms with Gasteiger partial charge in [0.2, 0.25) is 0 Å². The van der Waals surface area contributed by atoms with Crippen LogP contribution in [-0.4, -0.2) is 46.4 Å². The lowest BCUT2D eigenvalue weighted by Gasteiger charge is -2.25. The summed E-state index contributed by atoms with van der Waals surface area (Å²) >= 11 is 0. The number of Topliss-reactive ketones (excluding diaryl/α,β-unsaturated/α-hetero) is 1. The number of hydrogen-bond acceptors (Lipinski definition) is 5. The van der Waals surface area contributed by atoms with E-state index in [1.807, 2.05) is 0 Å². The lowest BCUT2D eigenvalue weighted by Crippen LogP contribution is -2.31. The maximum atomic E-state index is 12.8. The van der Waals surface area contributed by atoms with Crippen molar-refractivity contribution in [1.82, 2.24) is 4.90 Å². The molecule has 1 aliphatic rings. The summed E-state index contributed by atoms with van der Waals surface area (Å²) in [7, 11) is 1.53. The van der Waals surface area contributed by atoms with Crippen LogP contribution in [0.5, 0.6) is 5.75 Å². The van der Waals surface area contributed by atoms with Gasteiger partial charge in [-0.05, 0) is 24.1 Å². The second-order valence-corrected chi connectivity index (χ2v) is 6.63. The Labute approximate surface area is 167 Å². The van der Waals surface area contributed by atoms with Crippen LogP contribution >= 0.6 is 0 Å². The number of carboxylic acids is 1. The Morgan fingerprint density at radius 3 is 2.28 bits per heavy atom. The lowest BCUT2D eigenvalue weighted by atomic mass is 9.95. The SMILES string of the molecule is COc1ccc(C2C(=C(O)c3ccccc3)C(=O)C(=O)N2CCCC(=O)O)cc1. The molecule has 3 rings (SSSR count). The normalized spacial score (nSPS) is 18.1. The van der Waals surface area contributed by atoms with Crippen molar-refractivity contribution in [3.05, 3.63) is 71.3 Å². The fourth-order valence-electron chi connectivity index (χ4n) is 3.40. The van der Waals surface area contributed by atoms with Crippen molar-refractivity contribution < 1.29 is 29.3 Å². The topological polar surface area (TPSA) is 104 Å². The Kier molecular flexibility index (Phi) is 5.97. The van der Waals surface area contributed by atoms with Crippen molar-refractivity contribution >= 4 is 23.4 Å². The third-order valence-corrected chi connectivity index (χ3v) is 4.81. The van der Waals surface area contributed by atoms with E-state index in [1.165, 1.54) is 12.0 Å². The fourth-order valence-corrected chi connectivity index (χ4v) is 3.40. The molecule has 29 heavy (non-hydrogen) atoms. The first-order chi connectivity index (χ1) is 13.9. The highest BCUT2D eigenvalue weighted by Gasteiger charge is 2.45. The number of rotatable bonds is 7. The van der Waals surface area contributed by atoms with Crippen LogP contribution < -0.4 is 4.74 Å². The number of aliphatic hydroxyl groups is 1. The lowest BCUT2D eigenvalue weighted by molar-refractivity contribution is -0.140. The standard InChI is InChI=1S/C22H21NO6/c1-29-16-11-9-14(10-12-16)19-18(20(26)15-6-3-2-4-7-15)21(27)22(28)23(19)13-5-8-17(24)25/h2-4,6-7,9-12,19,26H,5,8,13H2,1H3,(H,24,25). The van der Waals surface area contributed by atoms with E-state index in [0.29, 0.717) is 16.9 Å². The van der Waals surface area contributed by atoms with E-state index >= 15 is 0 Å². The molecule has 0 bridgehead atoms. The zero-order valence-corrected chi connectivity index (χ0v) is 15.9. The van der Waals surface area contributed by atoms with E-state index in [1.54, 1.807) is 54.6 Å². The molecule has 0 aliphatic carbocycles. The molecule has 2 aromatic rings. The van der Waals surface area contributed by atoms with Gasteiger partial charge in [-0.2, -0.15) is 0 Å². The molecule has 1 aliphatic heterocycles. The summed E-state index contributed by atoms with van der Waals surface area (Å²) in [5, 5.41) is 19.7. The Morgan fingerprint density at radius 2 is 1.69 bits per heavy atom. The minimum absolute atomic E-state index is 0.0123. The summed E-state index contributed by atoms with van der Waals surface area (Å²) in [5.41, 5.74) is 1.04. The quantitative estimate of drug-likeness (QED) is 0.424. The summed E-state index contributed by atoms with van der Waals surface area (Å²) in [6.45, 7) is 0.0825. The fraction of sp³-hybridized carbons (Fsp3) is 0.227. The molecule has 7 nitrogen and oxygen atoms in total. The molecule has 1 fully saturated rings. The van der Waals surface area contributed by atoms with Gasteiger partial charge in [0.25, 0.3) is 11.7 Å². The maximum Gasteiger partial charge on any atom is 0.303 e. The molecule has 1 unspecified atom stereocenters.